The Balaban J connectivity index is 2.54. The van der Waals surface area contributed by atoms with Gasteiger partial charge in [-0.05, 0) is 38.0 Å². The van der Waals surface area contributed by atoms with Gasteiger partial charge in [-0.25, -0.2) is 0 Å². The molecule has 1 aromatic heterocycles. The van der Waals surface area contributed by atoms with E-state index in [1.165, 1.54) is 5.56 Å². The lowest BCUT2D eigenvalue weighted by atomic mass is 9.98. The predicted octanol–water partition coefficient (Wildman–Crippen LogP) is 3.59. The van der Waals surface area contributed by atoms with E-state index in [1.807, 2.05) is 23.7 Å². The van der Waals surface area contributed by atoms with E-state index in [1.54, 1.807) is 0 Å². The summed E-state index contributed by atoms with van der Waals surface area (Å²) < 4.78 is 3.13. The molecule has 0 saturated heterocycles. The number of aromatic nitrogens is 2. The smallest absolute Gasteiger partial charge is 0.0933 e. The van der Waals surface area contributed by atoms with Crippen LogP contribution in [0, 0.1) is 13.8 Å². The molecule has 19 heavy (non-hydrogen) atoms. The van der Waals surface area contributed by atoms with Crippen LogP contribution in [0.15, 0.2) is 34.8 Å². The lowest BCUT2D eigenvalue weighted by Crippen LogP contribution is -2.34. The molecule has 102 valence electrons. The van der Waals surface area contributed by atoms with Gasteiger partial charge in [-0.3, -0.25) is 4.68 Å². The van der Waals surface area contributed by atoms with Crippen molar-refractivity contribution in [2.24, 2.45) is 5.73 Å². The monoisotopic (exact) mass is 321 g/mol. The third-order valence-electron chi connectivity index (χ3n) is 3.41. The van der Waals surface area contributed by atoms with Crippen molar-refractivity contribution < 1.29 is 0 Å². The summed E-state index contributed by atoms with van der Waals surface area (Å²) in [5, 5.41) is 4.61. The van der Waals surface area contributed by atoms with E-state index in [0.29, 0.717) is 0 Å². The van der Waals surface area contributed by atoms with Crippen LogP contribution in [0.5, 0.6) is 0 Å². The Hall–Kier alpha value is -1.13. The summed E-state index contributed by atoms with van der Waals surface area (Å²) in [4.78, 5) is 0. The third kappa shape index (κ3) is 2.90. The fourth-order valence-corrected chi connectivity index (χ4v) is 2.93. The topological polar surface area (TPSA) is 43.8 Å². The lowest BCUT2D eigenvalue weighted by Gasteiger charge is -2.26. The van der Waals surface area contributed by atoms with Gasteiger partial charge in [0.2, 0.25) is 0 Å². The van der Waals surface area contributed by atoms with E-state index in [-0.39, 0.29) is 12.1 Å². The van der Waals surface area contributed by atoms with Gasteiger partial charge in [0.05, 0.1) is 11.7 Å². The van der Waals surface area contributed by atoms with E-state index in [4.69, 9.17) is 5.73 Å². The van der Waals surface area contributed by atoms with Crippen LogP contribution < -0.4 is 5.73 Å². The first-order chi connectivity index (χ1) is 9.04. The zero-order valence-corrected chi connectivity index (χ0v) is 13.2. The normalized spacial score (nSPS) is 14.4. The Bertz CT molecular complexity index is 562. The van der Waals surface area contributed by atoms with E-state index in [0.717, 1.165) is 22.3 Å². The average molecular weight is 322 g/mol. The van der Waals surface area contributed by atoms with Gasteiger partial charge in [-0.15, -0.1) is 0 Å². The minimum Gasteiger partial charge on any atom is -0.326 e. The molecule has 1 heterocycles. The van der Waals surface area contributed by atoms with Crippen molar-refractivity contribution in [1.82, 2.24) is 9.78 Å². The molecule has 0 saturated carbocycles. The number of rotatable bonds is 4. The first-order valence-electron chi connectivity index (χ1n) is 6.57. The minimum absolute atomic E-state index is 0.0386. The van der Waals surface area contributed by atoms with Gasteiger partial charge in [-0.2, -0.15) is 5.10 Å². The first kappa shape index (κ1) is 14.3. The summed E-state index contributed by atoms with van der Waals surface area (Å²) in [7, 11) is 0. The summed E-state index contributed by atoms with van der Waals surface area (Å²) >= 11 is 3.63. The second kappa shape index (κ2) is 5.88. The van der Waals surface area contributed by atoms with Gasteiger partial charge in [0, 0.05) is 16.2 Å². The second-order valence-electron chi connectivity index (χ2n) is 4.91. The van der Waals surface area contributed by atoms with Crippen molar-refractivity contribution in [1.29, 1.82) is 0 Å². The summed E-state index contributed by atoms with van der Waals surface area (Å²) in [5.74, 6) is 0. The minimum atomic E-state index is 0.0386. The molecule has 2 atom stereocenters. The number of hydrogen-bond donors (Lipinski definition) is 1. The third-order valence-corrected chi connectivity index (χ3v) is 4.13. The molecular formula is C15H20BrN3. The molecule has 0 bridgehead atoms. The number of benzene rings is 1. The Morgan fingerprint density at radius 1 is 1.32 bits per heavy atom. The second-order valence-corrected chi connectivity index (χ2v) is 5.76. The molecule has 0 aliphatic heterocycles. The largest absolute Gasteiger partial charge is 0.326 e. The van der Waals surface area contributed by atoms with Crippen LogP contribution in [0.2, 0.25) is 0 Å². The van der Waals surface area contributed by atoms with E-state index in [9.17, 15) is 0 Å². The first-order valence-corrected chi connectivity index (χ1v) is 7.36. The van der Waals surface area contributed by atoms with Crippen molar-refractivity contribution >= 4 is 15.9 Å². The molecule has 3 nitrogen and oxygen atoms in total. The van der Waals surface area contributed by atoms with Crippen LogP contribution >= 0.6 is 15.9 Å². The molecule has 0 radical (unpaired) electrons. The van der Waals surface area contributed by atoms with Gasteiger partial charge < -0.3 is 5.73 Å². The van der Waals surface area contributed by atoms with E-state index < -0.39 is 0 Å². The molecular weight excluding hydrogens is 302 g/mol. The maximum absolute atomic E-state index is 6.35. The quantitative estimate of drug-likeness (QED) is 0.935. The standard InChI is InChI=1S/C15H20BrN3/c1-4-14(17)15(12-7-5-6-8-13(12)16)19-11(3)9-10(2)18-19/h5-9,14-15H,4,17H2,1-3H3. The summed E-state index contributed by atoms with van der Waals surface area (Å²) in [6.07, 6.45) is 0.907. The maximum atomic E-state index is 6.35. The molecule has 0 aliphatic carbocycles. The lowest BCUT2D eigenvalue weighted by molar-refractivity contribution is 0.414. The van der Waals surface area contributed by atoms with Gasteiger partial charge in [0.15, 0.2) is 0 Å². The van der Waals surface area contributed by atoms with E-state index in [2.05, 4.69) is 53.1 Å². The van der Waals surface area contributed by atoms with Gasteiger partial charge in [0.1, 0.15) is 0 Å². The Morgan fingerprint density at radius 2 is 2.00 bits per heavy atom. The van der Waals surface area contributed by atoms with Gasteiger partial charge in [-0.1, -0.05) is 41.1 Å². The number of aryl methyl sites for hydroxylation is 2. The Morgan fingerprint density at radius 3 is 2.53 bits per heavy atom. The van der Waals surface area contributed by atoms with Crippen LogP contribution in [-0.2, 0) is 0 Å². The fraction of sp³-hybridized carbons (Fsp3) is 0.400. The molecule has 2 unspecified atom stereocenters. The Kier molecular flexibility index (Phi) is 4.42. The van der Waals surface area contributed by atoms with Crippen LogP contribution in [0.1, 0.15) is 36.3 Å². The molecule has 4 heteroatoms. The number of nitrogens with zero attached hydrogens (tertiary/aromatic N) is 2. The van der Waals surface area contributed by atoms with E-state index >= 15 is 0 Å². The summed E-state index contributed by atoms with van der Waals surface area (Å²) in [6.45, 7) is 6.20. The Labute approximate surface area is 122 Å². The fourth-order valence-electron chi connectivity index (χ4n) is 2.41. The maximum Gasteiger partial charge on any atom is 0.0933 e. The highest BCUT2D eigenvalue weighted by Gasteiger charge is 2.24. The number of halogens is 1. The van der Waals surface area contributed by atoms with Crippen LogP contribution in [0.4, 0.5) is 0 Å². The number of nitrogens with two attached hydrogens (primary N) is 1. The van der Waals surface area contributed by atoms with Crippen LogP contribution in [-0.4, -0.2) is 15.8 Å². The molecule has 2 N–H and O–H groups in total. The highest BCUT2D eigenvalue weighted by molar-refractivity contribution is 9.10. The van der Waals surface area contributed by atoms with Gasteiger partial charge in [0.25, 0.3) is 0 Å². The van der Waals surface area contributed by atoms with Crippen molar-refractivity contribution in [3.8, 4) is 0 Å². The summed E-state index contributed by atoms with van der Waals surface area (Å²) in [6, 6.07) is 10.4. The molecule has 0 fully saturated rings. The van der Waals surface area contributed by atoms with Crippen molar-refractivity contribution in [2.75, 3.05) is 0 Å². The molecule has 2 aromatic rings. The SMILES string of the molecule is CCC(N)C(c1ccccc1Br)n1nc(C)cc1C. The highest BCUT2D eigenvalue weighted by atomic mass is 79.9. The van der Waals surface area contributed by atoms with Crippen LogP contribution in [0.25, 0.3) is 0 Å². The zero-order chi connectivity index (χ0) is 14.0. The predicted molar refractivity (Wildman–Crippen MR) is 82.2 cm³/mol. The van der Waals surface area contributed by atoms with Crippen LogP contribution in [0.3, 0.4) is 0 Å². The van der Waals surface area contributed by atoms with Crippen molar-refractivity contribution in [3.63, 3.8) is 0 Å². The molecule has 0 aliphatic rings. The highest BCUT2D eigenvalue weighted by Crippen LogP contribution is 2.30. The van der Waals surface area contributed by atoms with Gasteiger partial charge >= 0.3 is 0 Å². The summed E-state index contributed by atoms with van der Waals surface area (Å²) in [5.41, 5.74) is 9.70. The zero-order valence-electron chi connectivity index (χ0n) is 11.6. The molecule has 1 aromatic carbocycles. The molecule has 2 rings (SSSR count). The number of hydrogen-bond acceptors (Lipinski definition) is 2. The van der Waals surface area contributed by atoms with Crippen molar-refractivity contribution in [3.05, 3.63) is 51.8 Å². The van der Waals surface area contributed by atoms with Crippen molar-refractivity contribution in [2.45, 2.75) is 39.3 Å². The molecule has 0 amide bonds. The average Bonchev–Trinajstić information content (AvgIpc) is 2.71. The molecule has 0 spiro atoms.